The molecule has 4 heteroatoms. The Bertz CT molecular complexity index is 1670. The van der Waals surface area contributed by atoms with Gasteiger partial charge >= 0.3 is 25.2 Å². The van der Waals surface area contributed by atoms with Crippen LogP contribution in [-0.4, -0.2) is 0 Å². The number of halogens is 1. The molecule has 3 aromatic rings. The number of anilines is 2. The van der Waals surface area contributed by atoms with E-state index >= 15 is 0 Å². The topological polar surface area (TPSA) is 6.48 Å². The molecule has 4 rings (SSSR count). The summed E-state index contributed by atoms with van der Waals surface area (Å²) in [5.74, 6) is 16.1. The predicted molar refractivity (Wildman–Crippen MR) is 190 cm³/mol. The van der Waals surface area contributed by atoms with Crippen LogP contribution in [0.3, 0.4) is 0 Å². The number of benzene rings is 3. The molecule has 0 amide bonds. The first-order valence-electron chi connectivity index (χ1n) is 15.1. The Kier molecular flexibility index (Phi) is 12.5. The summed E-state index contributed by atoms with van der Waals surface area (Å²) in [5.41, 5.74) is 11.6. The quantitative estimate of drug-likeness (QED) is 0.148. The molecule has 0 fully saturated rings. The van der Waals surface area contributed by atoms with E-state index in [4.69, 9.17) is 19.3 Å². The number of nitrogens with zero attached hydrogens (tertiary/aromatic N) is 2. The van der Waals surface area contributed by atoms with E-state index in [9.17, 15) is 0 Å². The minimum absolute atomic E-state index is 0.287. The van der Waals surface area contributed by atoms with Crippen molar-refractivity contribution in [3.8, 4) is 48.9 Å². The van der Waals surface area contributed by atoms with Crippen molar-refractivity contribution in [1.29, 1.82) is 0 Å². The van der Waals surface area contributed by atoms with Gasteiger partial charge in [-0.1, -0.05) is 85.0 Å². The average Bonchev–Trinajstić information content (AvgIpc) is 3.52. The van der Waals surface area contributed by atoms with Crippen molar-refractivity contribution in [2.24, 2.45) is 0 Å². The van der Waals surface area contributed by atoms with Crippen LogP contribution in [0.2, 0.25) is 0 Å². The molecule has 1 aliphatic rings. The van der Waals surface area contributed by atoms with E-state index in [1.165, 1.54) is 33.6 Å². The molecular formula is C41H41ClCuN2. The summed E-state index contributed by atoms with van der Waals surface area (Å²) in [6.45, 7) is 20.1. The average molecular weight is 661 g/mol. The van der Waals surface area contributed by atoms with Crippen molar-refractivity contribution in [1.82, 2.24) is 0 Å². The van der Waals surface area contributed by atoms with Crippen LogP contribution in [0.4, 0.5) is 11.4 Å². The van der Waals surface area contributed by atoms with Crippen LogP contribution in [0.1, 0.15) is 129 Å². The van der Waals surface area contributed by atoms with Gasteiger partial charge in [0.2, 0.25) is 0 Å². The molecule has 0 saturated heterocycles. The number of hydrogen-bond acceptors (Lipinski definition) is 2. The van der Waals surface area contributed by atoms with Gasteiger partial charge < -0.3 is 9.80 Å². The molecule has 0 aromatic heterocycles. The maximum absolute atomic E-state index is 5.85. The molecule has 0 aliphatic carbocycles. The Morgan fingerprint density at radius 1 is 0.511 bits per heavy atom. The van der Waals surface area contributed by atoms with Gasteiger partial charge in [-0.05, 0) is 101 Å². The second kappa shape index (κ2) is 15.9. The third kappa shape index (κ3) is 8.21. The van der Waals surface area contributed by atoms with E-state index in [0.717, 1.165) is 27.8 Å². The van der Waals surface area contributed by atoms with Crippen molar-refractivity contribution in [3.05, 3.63) is 112 Å². The summed E-state index contributed by atoms with van der Waals surface area (Å²) < 4.78 is 0. The fraction of sp³-hybridized carbons (Fsp3) is 0.293. The summed E-state index contributed by atoms with van der Waals surface area (Å²) in [6, 6.07) is 14.4. The van der Waals surface area contributed by atoms with Gasteiger partial charge in [0, 0.05) is 39.2 Å². The van der Waals surface area contributed by atoms with E-state index in [2.05, 4.69) is 163 Å². The summed E-state index contributed by atoms with van der Waals surface area (Å²) in [4.78, 5) is 4.52. The molecule has 1 heterocycles. The Hall–Kier alpha value is -3.95. The second-order valence-electron chi connectivity index (χ2n) is 12.3. The zero-order valence-corrected chi connectivity index (χ0v) is 29.1. The molecule has 1 aliphatic heterocycles. The van der Waals surface area contributed by atoms with Gasteiger partial charge in [-0.3, -0.25) is 0 Å². The van der Waals surface area contributed by atoms with Crippen LogP contribution < -0.4 is 9.80 Å². The van der Waals surface area contributed by atoms with Crippen LogP contribution in [0, 0.1) is 55.5 Å². The summed E-state index contributed by atoms with van der Waals surface area (Å²) in [5, 5.41) is 0. The zero-order valence-electron chi connectivity index (χ0n) is 27.4. The summed E-state index contributed by atoms with van der Waals surface area (Å²) in [6.07, 6.45) is 21.5. The first-order valence-corrected chi connectivity index (χ1v) is 16.4. The van der Waals surface area contributed by atoms with Gasteiger partial charge in [-0.15, -0.1) is 25.9 Å². The van der Waals surface area contributed by atoms with Crippen molar-refractivity contribution in [3.63, 3.8) is 0 Å². The zero-order chi connectivity index (χ0) is 33.4. The predicted octanol–water partition coefficient (Wildman–Crippen LogP) is 10.1. The molecule has 3 aromatic carbocycles. The van der Waals surface area contributed by atoms with E-state index in [-0.39, 0.29) is 11.8 Å². The second-order valence-corrected chi connectivity index (χ2v) is 12.3. The first kappa shape index (κ1) is 35.5. The molecule has 0 saturated carbocycles. The molecular weight excluding hydrogens is 619 g/mol. The monoisotopic (exact) mass is 659 g/mol. The Morgan fingerprint density at radius 2 is 0.778 bits per heavy atom. The molecule has 0 spiro atoms. The third-order valence-electron chi connectivity index (χ3n) is 7.76. The van der Waals surface area contributed by atoms with Crippen LogP contribution in [-0.2, 0) is 15.1 Å². The Labute approximate surface area is 284 Å². The Balaban J connectivity index is 0.00000271. The standard InChI is InChI=1S/C41H41N2.ClH.Cu/c1-12-31-19-32(13-2)21-34(20-31)15-16-35-24-38(29(8)9)41(39(25-35)30(10)11)43-18-17-42(26-43)40-36(27(4)5)22-33(14-3)23-37(40)28(6)7;;/h1-3,17-30H,4-11H3;1H;/q-1;;+2/p-1. The number of terminal acetylenes is 3. The molecule has 0 unspecified atom stereocenters. The molecule has 2 nitrogen and oxygen atoms in total. The molecule has 0 radical (unpaired) electrons. The number of hydrogen-bond donors (Lipinski definition) is 0. The SMILES string of the molecule is C#Cc1cc(C#C)cc(C#Cc2cc(C(C)C)c(N3C=CN(c4c(C(C)C)cc(C#C)cc4C(C)C)[CH-]3)c(C(C)C)c2)c1.[Cl][Cu+]. The maximum atomic E-state index is 5.85. The van der Waals surface area contributed by atoms with Crippen LogP contribution in [0.25, 0.3) is 0 Å². The van der Waals surface area contributed by atoms with Gasteiger partial charge in [0.15, 0.2) is 0 Å². The first-order chi connectivity index (χ1) is 21.5. The van der Waals surface area contributed by atoms with Crippen molar-refractivity contribution in [2.75, 3.05) is 9.80 Å². The van der Waals surface area contributed by atoms with Crippen molar-refractivity contribution in [2.45, 2.75) is 79.1 Å². The van der Waals surface area contributed by atoms with E-state index < -0.39 is 0 Å². The van der Waals surface area contributed by atoms with Gasteiger partial charge in [-0.25, -0.2) is 0 Å². The van der Waals surface area contributed by atoms with Crippen molar-refractivity contribution >= 4 is 21.5 Å². The van der Waals surface area contributed by atoms with E-state index in [0.29, 0.717) is 11.8 Å². The fourth-order valence-corrected chi connectivity index (χ4v) is 5.50. The molecule has 0 bridgehead atoms. The van der Waals surface area contributed by atoms with E-state index in [1.54, 1.807) is 0 Å². The van der Waals surface area contributed by atoms with Crippen LogP contribution >= 0.6 is 10.1 Å². The van der Waals surface area contributed by atoms with Gasteiger partial charge in [0.25, 0.3) is 0 Å². The normalized spacial score (nSPS) is 12.1. The summed E-state index contributed by atoms with van der Waals surface area (Å²) >= 11 is 3.66. The number of rotatable bonds is 6. The third-order valence-corrected chi connectivity index (χ3v) is 7.76. The summed E-state index contributed by atoms with van der Waals surface area (Å²) in [7, 11) is 4.20. The minimum atomic E-state index is 0.287. The van der Waals surface area contributed by atoms with Gasteiger partial charge in [-0.2, -0.15) is 0 Å². The molecule has 233 valence electrons. The van der Waals surface area contributed by atoms with Crippen molar-refractivity contribution < 1.29 is 15.1 Å². The van der Waals surface area contributed by atoms with Crippen LogP contribution in [0.5, 0.6) is 0 Å². The molecule has 45 heavy (non-hydrogen) atoms. The van der Waals surface area contributed by atoms with Crippen LogP contribution in [0.15, 0.2) is 54.9 Å². The Morgan fingerprint density at radius 3 is 1.09 bits per heavy atom. The molecule has 0 N–H and O–H groups in total. The van der Waals surface area contributed by atoms with Gasteiger partial charge in [0.1, 0.15) is 0 Å². The van der Waals surface area contributed by atoms with Gasteiger partial charge in [0.05, 0.1) is 0 Å². The molecule has 0 atom stereocenters. The van der Waals surface area contributed by atoms with E-state index in [1.807, 2.05) is 18.2 Å². The fourth-order valence-electron chi connectivity index (χ4n) is 5.50.